The molecule has 6 heteroatoms. The summed E-state index contributed by atoms with van der Waals surface area (Å²) in [5.41, 5.74) is 4.05. The molecule has 34 heavy (non-hydrogen) atoms. The molecule has 0 radical (unpaired) electrons. The zero-order valence-electron chi connectivity index (χ0n) is 19.7. The minimum absolute atomic E-state index is 0.0420. The van der Waals surface area contributed by atoms with Crippen molar-refractivity contribution in [3.05, 3.63) is 94.4 Å². The lowest BCUT2D eigenvalue weighted by atomic mass is 10.1. The van der Waals surface area contributed by atoms with Crippen molar-refractivity contribution < 1.29 is 14.3 Å². The van der Waals surface area contributed by atoms with E-state index in [0.29, 0.717) is 34.7 Å². The van der Waals surface area contributed by atoms with E-state index in [4.69, 9.17) is 14.5 Å². The van der Waals surface area contributed by atoms with Gasteiger partial charge >= 0.3 is 0 Å². The smallest absolute Gasteiger partial charge is 0.266 e. The van der Waals surface area contributed by atoms with E-state index in [1.165, 1.54) is 22.9 Å². The maximum atomic E-state index is 13.4. The zero-order chi connectivity index (χ0) is 23.9. The molecular weight excluding hydrogens is 444 g/mol. The number of carbonyl (C=O) groups excluding carboxylic acids is 1. The summed E-state index contributed by atoms with van der Waals surface area (Å²) in [6.45, 7) is 5.09. The molecule has 1 saturated heterocycles. The molecule has 0 aliphatic carbocycles. The number of aryl methyl sites for hydroxylation is 1. The van der Waals surface area contributed by atoms with Gasteiger partial charge in [0, 0.05) is 6.54 Å². The molecule has 3 aromatic carbocycles. The summed E-state index contributed by atoms with van der Waals surface area (Å²) in [6.07, 6.45) is 2.64. The summed E-state index contributed by atoms with van der Waals surface area (Å²) in [5, 5.41) is 0.689. The van der Waals surface area contributed by atoms with Crippen LogP contribution in [0.15, 0.2) is 82.7 Å². The SMILES string of the molecule is CCOc1ccc(/C=C2/SC(=Nc3ccc(C)cc3)N(CCc3ccccc3)C2=O)cc1OC. The van der Waals surface area contributed by atoms with Crippen LogP contribution in [0.5, 0.6) is 11.5 Å². The molecule has 1 amide bonds. The lowest BCUT2D eigenvalue weighted by molar-refractivity contribution is -0.122. The first kappa shape index (κ1) is 23.6. The largest absolute Gasteiger partial charge is 0.493 e. The Kier molecular flexibility index (Phi) is 7.70. The molecule has 0 atom stereocenters. The Morgan fingerprint density at radius 1 is 1.00 bits per heavy atom. The molecule has 1 aliphatic rings. The van der Waals surface area contributed by atoms with Crippen molar-refractivity contribution in [2.75, 3.05) is 20.3 Å². The van der Waals surface area contributed by atoms with Crippen LogP contribution in [0.4, 0.5) is 5.69 Å². The highest BCUT2D eigenvalue weighted by molar-refractivity contribution is 8.18. The first-order chi connectivity index (χ1) is 16.6. The second-order valence-electron chi connectivity index (χ2n) is 7.88. The van der Waals surface area contributed by atoms with Crippen molar-refractivity contribution in [2.24, 2.45) is 4.99 Å². The van der Waals surface area contributed by atoms with Crippen LogP contribution in [-0.4, -0.2) is 36.2 Å². The Morgan fingerprint density at radius 3 is 2.47 bits per heavy atom. The molecule has 0 aromatic heterocycles. The first-order valence-corrected chi connectivity index (χ1v) is 12.1. The number of amides is 1. The van der Waals surface area contributed by atoms with E-state index in [1.807, 2.05) is 80.6 Å². The summed E-state index contributed by atoms with van der Waals surface area (Å²) in [7, 11) is 1.61. The van der Waals surface area contributed by atoms with Crippen LogP contribution < -0.4 is 9.47 Å². The Labute approximate surface area is 205 Å². The van der Waals surface area contributed by atoms with Crippen LogP contribution in [0, 0.1) is 6.92 Å². The Bertz CT molecular complexity index is 1200. The summed E-state index contributed by atoms with van der Waals surface area (Å²) in [6, 6.07) is 23.9. The molecule has 0 N–H and O–H groups in total. The van der Waals surface area contributed by atoms with Gasteiger partial charge in [0.25, 0.3) is 5.91 Å². The van der Waals surface area contributed by atoms with Crippen LogP contribution in [0.2, 0.25) is 0 Å². The maximum Gasteiger partial charge on any atom is 0.266 e. The topological polar surface area (TPSA) is 51.1 Å². The first-order valence-electron chi connectivity index (χ1n) is 11.3. The van der Waals surface area contributed by atoms with Crippen molar-refractivity contribution in [3.8, 4) is 11.5 Å². The fourth-order valence-corrected chi connectivity index (χ4v) is 4.63. The van der Waals surface area contributed by atoms with E-state index >= 15 is 0 Å². The monoisotopic (exact) mass is 472 g/mol. The fraction of sp³-hybridized carbons (Fsp3) is 0.214. The molecule has 1 fully saturated rings. The Morgan fingerprint density at radius 2 is 1.76 bits per heavy atom. The van der Waals surface area contributed by atoms with Crippen molar-refractivity contribution in [2.45, 2.75) is 20.3 Å². The van der Waals surface area contributed by atoms with Gasteiger partial charge in [-0.1, -0.05) is 54.1 Å². The van der Waals surface area contributed by atoms with Gasteiger partial charge in [0.15, 0.2) is 16.7 Å². The van der Waals surface area contributed by atoms with Gasteiger partial charge in [0.1, 0.15) is 0 Å². The van der Waals surface area contributed by atoms with Gasteiger partial charge in [-0.25, -0.2) is 4.99 Å². The molecule has 0 spiro atoms. The quantitative estimate of drug-likeness (QED) is 0.364. The van der Waals surface area contributed by atoms with Gasteiger partial charge < -0.3 is 9.47 Å². The third-order valence-corrected chi connectivity index (χ3v) is 6.41. The summed E-state index contributed by atoms with van der Waals surface area (Å²) >= 11 is 1.40. The van der Waals surface area contributed by atoms with Crippen LogP contribution >= 0.6 is 11.8 Å². The van der Waals surface area contributed by atoms with E-state index in [2.05, 4.69) is 12.1 Å². The van der Waals surface area contributed by atoms with Crippen LogP contribution in [0.25, 0.3) is 6.08 Å². The fourth-order valence-electron chi connectivity index (χ4n) is 3.60. The second kappa shape index (κ2) is 11.1. The number of methoxy groups -OCH3 is 1. The molecule has 0 bridgehead atoms. The number of hydrogen-bond acceptors (Lipinski definition) is 5. The van der Waals surface area contributed by atoms with E-state index in [0.717, 1.165) is 17.7 Å². The Hall–Kier alpha value is -3.51. The minimum Gasteiger partial charge on any atom is -0.493 e. The highest BCUT2D eigenvalue weighted by atomic mass is 32.2. The molecule has 174 valence electrons. The van der Waals surface area contributed by atoms with Crippen molar-refractivity contribution in [3.63, 3.8) is 0 Å². The average molecular weight is 473 g/mol. The number of aliphatic imine (C=N–C) groups is 1. The minimum atomic E-state index is -0.0420. The number of ether oxygens (including phenoxy) is 2. The van der Waals surface area contributed by atoms with Gasteiger partial charge in [-0.3, -0.25) is 9.69 Å². The average Bonchev–Trinajstić information content (AvgIpc) is 3.14. The predicted molar refractivity (Wildman–Crippen MR) is 140 cm³/mol. The van der Waals surface area contributed by atoms with Crippen molar-refractivity contribution in [1.29, 1.82) is 0 Å². The lowest BCUT2D eigenvalue weighted by Gasteiger charge is -2.15. The number of thioether (sulfide) groups is 1. The van der Waals surface area contributed by atoms with Gasteiger partial charge in [-0.2, -0.15) is 0 Å². The molecular formula is C28H28N2O3S. The van der Waals surface area contributed by atoms with Gasteiger partial charge in [0.2, 0.25) is 0 Å². The van der Waals surface area contributed by atoms with Crippen molar-refractivity contribution >= 4 is 34.6 Å². The number of carbonyl (C=O) groups is 1. The molecule has 4 rings (SSSR count). The molecule has 5 nitrogen and oxygen atoms in total. The molecule has 3 aromatic rings. The standard InChI is InChI=1S/C28H28N2O3S/c1-4-33-24-15-12-22(18-25(24)32-3)19-26-27(31)30(17-16-21-8-6-5-7-9-21)28(34-26)29-23-13-10-20(2)11-14-23/h5-15,18-19H,4,16-17H2,1-3H3/b26-19+,29-28?. The van der Waals surface area contributed by atoms with E-state index in [1.54, 1.807) is 12.0 Å². The predicted octanol–water partition coefficient (Wildman–Crippen LogP) is 6.25. The Balaban J connectivity index is 1.63. The van der Waals surface area contributed by atoms with E-state index in [9.17, 15) is 4.79 Å². The third-order valence-electron chi connectivity index (χ3n) is 5.40. The van der Waals surface area contributed by atoms with Crippen LogP contribution in [0.1, 0.15) is 23.6 Å². The van der Waals surface area contributed by atoms with E-state index < -0.39 is 0 Å². The van der Waals surface area contributed by atoms with Crippen LogP contribution in [-0.2, 0) is 11.2 Å². The number of rotatable bonds is 8. The second-order valence-corrected chi connectivity index (χ2v) is 8.89. The third kappa shape index (κ3) is 5.69. The zero-order valence-corrected chi connectivity index (χ0v) is 20.5. The molecule has 1 heterocycles. The number of nitrogens with zero attached hydrogens (tertiary/aromatic N) is 2. The van der Waals surface area contributed by atoms with E-state index in [-0.39, 0.29) is 5.91 Å². The van der Waals surface area contributed by atoms with Gasteiger partial charge in [-0.05, 0) is 73.5 Å². The lowest BCUT2D eigenvalue weighted by Crippen LogP contribution is -2.31. The number of benzene rings is 3. The summed E-state index contributed by atoms with van der Waals surface area (Å²) in [5.74, 6) is 1.28. The number of amidine groups is 1. The number of hydrogen-bond donors (Lipinski definition) is 0. The molecule has 1 aliphatic heterocycles. The maximum absolute atomic E-state index is 13.4. The highest BCUT2D eigenvalue weighted by Crippen LogP contribution is 2.36. The van der Waals surface area contributed by atoms with Gasteiger partial charge in [0.05, 0.1) is 24.3 Å². The molecule has 0 saturated carbocycles. The van der Waals surface area contributed by atoms with Crippen LogP contribution in [0.3, 0.4) is 0 Å². The summed E-state index contributed by atoms with van der Waals surface area (Å²) < 4.78 is 11.1. The summed E-state index contributed by atoms with van der Waals surface area (Å²) in [4.78, 5) is 20.6. The molecule has 0 unspecified atom stereocenters. The van der Waals surface area contributed by atoms with Crippen molar-refractivity contribution in [1.82, 2.24) is 4.90 Å². The van der Waals surface area contributed by atoms with Gasteiger partial charge in [-0.15, -0.1) is 0 Å². The highest BCUT2D eigenvalue weighted by Gasteiger charge is 2.33. The normalized spacial score (nSPS) is 15.9.